The van der Waals surface area contributed by atoms with E-state index in [0.29, 0.717) is 0 Å². The summed E-state index contributed by atoms with van der Waals surface area (Å²) in [6, 6.07) is 102. The molecule has 1 nitrogen and oxygen atoms in total. The van der Waals surface area contributed by atoms with Crippen LogP contribution in [0.3, 0.4) is 0 Å². The molecular weight excluding hydrogens is 831 g/mol. The molecule has 11 aromatic rings. The highest BCUT2D eigenvalue weighted by molar-refractivity contribution is 6.04. The van der Waals surface area contributed by atoms with Crippen LogP contribution in [0.15, 0.2) is 273 Å². The van der Waals surface area contributed by atoms with Crippen molar-refractivity contribution in [2.24, 2.45) is 0 Å². The minimum atomic E-state index is -0.569. The minimum absolute atomic E-state index is 0.560. The fraction of sp³-hybridized carbons (Fsp3) is 0.0294. The number of hydrogen-bond donors (Lipinski definition) is 0. The number of anilines is 3. The van der Waals surface area contributed by atoms with Crippen molar-refractivity contribution >= 4 is 17.1 Å². The third-order valence-corrected chi connectivity index (χ3v) is 15.4. The first kappa shape index (κ1) is 39.4. The molecule has 0 saturated heterocycles. The largest absolute Gasteiger partial charge is 0.309 e. The van der Waals surface area contributed by atoms with Crippen LogP contribution in [0, 0.1) is 0 Å². The Balaban J connectivity index is 1.10. The molecule has 0 radical (unpaired) electrons. The standard InChI is InChI=1S/C68H45N/c1-5-23-46(24-6-1)51-31-16-20-41-63(51)69(50-43-44-55-53-32-13-17-37-58(53)67(62(55)45-50,48-27-9-3-10-28-48)49-29-11-4-12-30-49)64-42-22-40-61-65(64)57-34-15-19-39-60(57)68(61)59-38-18-14-33-54(59)56-36-21-35-52(66(56)68)47-25-7-2-8-26-47/h1-45H. The molecule has 3 aliphatic rings. The summed E-state index contributed by atoms with van der Waals surface area (Å²) in [5, 5.41) is 0. The van der Waals surface area contributed by atoms with Gasteiger partial charge in [0.05, 0.1) is 22.2 Å². The summed E-state index contributed by atoms with van der Waals surface area (Å²) in [6.07, 6.45) is 0. The minimum Gasteiger partial charge on any atom is -0.309 e. The monoisotopic (exact) mass is 875 g/mol. The number of fused-ring (bicyclic) bond motifs is 13. The molecule has 1 spiro atoms. The molecular formula is C68H45N. The zero-order chi connectivity index (χ0) is 45.5. The quantitative estimate of drug-likeness (QED) is 0.154. The summed E-state index contributed by atoms with van der Waals surface area (Å²) in [5.41, 5.74) is 25.1. The number of benzene rings is 11. The van der Waals surface area contributed by atoms with Gasteiger partial charge < -0.3 is 4.90 Å². The van der Waals surface area contributed by atoms with E-state index in [0.717, 1.165) is 17.1 Å². The average molecular weight is 876 g/mol. The molecule has 3 aliphatic carbocycles. The topological polar surface area (TPSA) is 3.24 Å². The van der Waals surface area contributed by atoms with Gasteiger partial charge in [-0.3, -0.25) is 0 Å². The molecule has 0 aliphatic heterocycles. The summed E-state index contributed by atoms with van der Waals surface area (Å²) < 4.78 is 0. The van der Waals surface area contributed by atoms with Gasteiger partial charge in [0.15, 0.2) is 0 Å². The number of para-hydroxylation sites is 1. The van der Waals surface area contributed by atoms with Crippen molar-refractivity contribution in [1.82, 2.24) is 0 Å². The molecule has 14 rings (SSSR count). The van der Waals surface area contributed by atoms with Crippen molar-refractivity contribution in [3.05, 3.63) is 317 Å². The molecule has 1 unspecified atom stereocenters. The van der Waals surface area contributed by atoms with Crippen molar-refractivity contribution in [3.8, 4) is 55.6 Å². The lowest BCUT2D eigenvalue weighted by Crippen LogP contribution is -2.28. The predicted octanol–water partition coefficient (Wildman–Crippen LogP) is 17.2. The maximum atomic E-state index is 2.58. The van der Waals surface area contributed by atoms with Crippen LogP contribution in [0.4, 0.5) is 17.1 Å². The Labute approximate surface area is 403 Å². The highest BCUT2D eigenvalue weighted by Crippen LogP contribution is 2.67. The Hall–Kier alpha value is -8.78. The van der Waals surface area contributed by atoms with E-state index in [4.69, 9.17) is 0 Å². The van der Waals surface area contributed by atoms with Crippen LogP contribution >= 0.6 is 0 Å². The van der Waals surface area contributed by atoms with E-state index in [9.17, 15) is 0 Å². The number of nitrogens with zero attached hydrogens (tertiary/aromatic N) is 1. The summed E-state index contributed by atoms with van der Waals surface area (Å²) in [7, 11) is 0. The summed E-state index contributed by atoms with van der Waals surface area (Å²) in [5.74, 6) is 0. The summed E-state index contributed by atoms with van der Waals surface area (Å²) >= 11 is 0. The van der Waals surface area contributed by atoms with Crippen molar-refractivity contribution in [2.75, 3.05) is 4.90 Å². The Bertz CT molecular complexity index is 3740. The van der Waals surface area contributed by atoms with Gasteiger partial charge in [0.25, 0.3) is 0 Å². The zero-order valence-corrected chi connectivity index (χ0v) is 37.9. The van der Waals surface area contributed by atoms with Gasteiger partial charge >= 0.3 is 0 Å². The molecule has 0 aromatic heterocycles. The van der Waals surface area contributed by atoms with Crippen LogP contribution in [0.2, 0.25) is 0 Å². The lowest BCUT2D eigenvalue weighted by atomic mass is 9.67. The molecule has 0 amide bonds. The van der Waals surface area contributed by atoms with E-state index < -0.39 is 10.8 Å². The molecule has 0 N–H and O–H groups in total. The SMILES string of the molecule is c1ccc(-c2ccccc2N(c2ccc3c(c2)C(c2ccccc2)(c2ccccc2)c2ccccc2-3)c2cccc3c2-c2ccccc2C32c3ccccc3-c3cccc(-c4ccccc4)c32)cc1. The van der Waals surface area contributed by atoms with Gasteiger partial charge in [-0.05, 0) is 113 Å². The number of rotatable bonds is 7. The van der Waals surface area contributed by atoms with Crippen molar-refractivity contribution in [2.45, 2.75) is 10.8 Å². The van der Waals surface area contributed by atoms with Crippen LogP contribution < -0.4 is 4.90 Å². The molecule has 322 valence electrons. The molecule has 11 aromatic carbocycles. The van der Waals surface area contributed by atoms with Crippen LogP contribution in [0.1, 0.15) is 44.5 Å². The Morgan fingerprint density at radius 2 is 0.667 bits per heavy atom. The van der Waals surface area contributed by atoms with Gasteiger partial charge in [0.2, 0.25) is 0 Å². The van der Waals surface area contributed by atoms with E-state index in [1.165, 1.54) is 100 Å². The highest BCUT2D eigenvalue weighted by Gasteiger charge is 2.54. The second-order valence-corrected chi connectivity index (χ2v) is 18.6. The van der Waals surface area contributed by atoms with Crippen molar-refractivity contribution in [1.29, 1.82) is 0 Å². The first-order chi connectivity index (χ1) is 34.3. The zero-order valence-electron chi connectivity index (χ0n) is 37.9. The molecule has 0 fully saturated rings. The maximum absolute atomic E-state index is 2.58. The van der Waals surface area contributed by atoms with E-state index >= 15 is 0 Å². The second-order valence-electron chi connectivity index (χ2n) is 18.6. The third kappa shape index (κ3) is 5.47. The fourth-order valence-corrected chi connectivity index (χ4v) is 12.8. The molecule has 1 atom stereocenters. The maximum Gasteiger partial charge on any atom is 0.0732 e. The predicted molar refractivity (Wildman–Crippen MR) is 286 cm³/mol. The van der Waals surface area contributed by atoms with Gasteiger partial charge in [-0.15, -0.1) is 0 Å². The molecule has 1 heteroatoms. The fourth-order valence-electron chi connectivity index (χ4n) is 12.8. The van der Waals surface area contributed by atoms with Crippen LogP contribution in [0.5, 0.6) is 0 Å². The third-order valence-electron chi connectivity index (χ3n) is 15.4. The van der Waals surface area contributed by atoms with E-state index in [-0.39, 0.29) is 0 Å². The highest BCUT2D eigenvalue weighted by atomic mass is 15.1. The van der Waals surface area contributed by atoms with Gasteiger partial charge in [-0.1, -0.05) is 249 Å². The lowest BCUT2D eigenvalue weighted by molar-refractivity contribution is 0.768. The average Bonchev–Trinajstić information content (AvgIpc) is 4.03. The lowest BCUT2D eigenvalue weighted by Gasteiger charge is -2.35. The first-order valence-electron chi connectivity index (χ1n) is 24.1. The van der Waals surface area contributed by atoms with Gasteiger partial charge in [0.1, 0.15) is 0 Å². The molecule has 0 bridgehead atoms. The first-order valence-corrected chi connectivity index (χ1v) is 24.1. The summed E-state index contributed by atoms with van der Waals surface area (Å²) in [6.45, 7) is 0. The van der Waals surface area contributed by atoms with E-state index in [2.05, 4.69) is 278 Å². The van der Waals surface area contributed by atoms with Gasteiger partial charge in [0, 0.05) is 16.8 Å². The normalized spacial score (nSPS) is 15.1. The van der Waals surface area contributed by atoms with Crippen LogP contribution in [-0.2, 0) is 10.8 Å². The molecule has 0 saturated carbocycles. The van der Waals surface area contributed by atoms with Crippen molar-refractivity contribution < 1.29 is 0 Å². The second kappa shape index (κ2) is 15.4. The number of hydrogen-bond acceptors (Lipinski definition) is 1. The Morgan fingerprint density at radius 1 is 0.246 bits per heavy atom. The molecule has 69 heavy (non-hydrogen) atoms. The van der Waals surface area contributed by atoms with Gasteiger partial charge in [-0.2, -0.15) is 0 Å². The van der Waals surface area contributed by atoms with Gasteiger partial charge in [-0.25, -0.2) is 0 Å². The Morgan fingerprint density at radius 3 is 1.32 bits per heavy atom. The van der Waals surface area contributed by atoms with Crippen LogP contribution in [-0.4, -0.2) is 0 Å². The summed E-state index contributed by atoms with van der Waals surface area (Å²) in [4.78, 5) is 2.58. The molecule has 0 heterocycles. The van der Waals surface area contributed by atoms with E-state index in [1.54, 1.807) is 0 Å². The van der Waals surface area contributed by atoms with Crippen LogP contribution in [0.25, 0.3) is 55.6 Å². The van der Waals surface area contributed by atoms with E-state index in [1.807, 2.05) is 0 Å². The van der Waals surface area contributed by atoms with Crippen molar-refractivity contribution in [3.63, 3.8) is 0 Å². The Kier molecular flexibility index (Phi) is 8.78. The smallest absolute Gasteiger partial charge is 0.0732 e.